The first-order chi connectivity index (χ1) is 21.8. The molecule has 1 saturated heterocycles. The number of thiophene rings is 1. The van der Waals surface area contributed by atoms with Gasteiger partial charge in [-0.2, -0.15) is 0 Å². The maximum Gasteiger partial charge on any atom is 0.341 e. The van der Waals surface area contributed by atoms with Crippen molar-refractivity contribution in [1.82, 2.24) is 4.90 Å². The first kappa shape index (κ1) is 32.1. The van der Waals surface area contributed by atoms with Crippen LogP contribution < -0.4 is 14.8 Å². The van der Waals surface area contributed by atoms with Crippen molar-refractivity contribution >= 4 is 57.2 Å². The Morgan fingerprint density at radius 1 is 1.11 bits per heavy atom. The van der Waals surface area contributed by atoms with Crippen molar-refractivity contribution in [2.45, 2.75) is 45.6 Å². The quantitative estimate of drug-likeness (QED) is 0.130. The average Bonchev–Trinajstić information content (AvgIpc) is 3.52. The Morgan fingerprint density at radius 2 is 1.89 bits per heavy atom. The zero-order valence-corrected chi connectivity index (χ0v) is 26.8. The molecule has 0 bridgehead atoms. The number of rotatable bonds is 12. The fourth-order valence-corrected chi connectivity index (χ4v) is 7.42. The normalized spacial score (nSPS) is 15.2. The van der Waals surface area contributed by atoms with E-state index in [1.165, 1.54) is 18.4 Å². The molecular weight excluding hydrogens is 613 g/mol. The van der Waals surface area contributed by atoms with Crippen molar-refractivity contribution in [2.75, 3.05) is 25.6 Å². The Morgan fingerprint density at radius 3 is 2.62 bits per heavy atom. The van der Waals surface area contributed by atoms with Crippen LogP contribution in [0.3, 0.4) is 0 Å². The molecule has 0 radical (unpaired) electrons. The van der Waals surface area contributed by atoms with Crippen molar-refractivity contribution in [3.05, 3.63) is 92.7 Å². The summed E-state index contributed by atoms with van der Waals surface area (Å²) in [5, 5.41) is 2.61. The highest BCUT2D eigenvalue weighted by atomic mass is 32.2. The molecule has 1 aliphatic carbocycles. The van der Waals surface area contributed by atoms with Crippen LogP contribution in [-0.4, -0.2) is 48.2 Å². The molecule has 3 amide bonds. The lowest BCUT2D eigenvalue weighted by Crippen LogP contribution is -2.36. The minimum absolute atomic E-state index is 0.177. The molecular formula is C34H34N2O7S2. The molecule has 2 heterocycles. The molecule has 45 heavy (non-hydrogen) atoms. The first-order valence-corrected chi connectivity index (χ1v) is 16.3. The number of hydrogen-bond acceptors (Lipinski definition) is 9. The van der Waals surface area contributed by atoms with Gasteiger partial charge in [0.15, 0.2) is 11.5 Å². The molecule has 0 atom stereocenters. The van der Waals surface area contributed by atoms with Gasteiger partial charge in [-0.05, 0) is 85.7 Å². The molecule has 11 heteroatoms. The summed E-state index contributed by atoms with van der Waals surface area (Å²) in [5.74, 6) is -0.585. The van der Waals surface area contributed by atoms with E-state index < -0.39 is 29.6 Å². The number of carbonyl (C=O) groups is 4. The molecule has 3 aromatic rings. The van der Waals surface area contributed by atoms with Crippen molar-refractivity contribution in [2.24, 2.45) is 0 Å². The number of nitrogens with one attached hydrogen (secondary N) is 1. The van der Waals surface area contributed by atoms with E-state index in [0.717, 1.165) is 63.9 Å². The molecule has 0 unspecified atom stereocenters. The minimum atomic E-state index is -0.579. The van der Waals surface area contributed by atoms with Gasteiger partial charge >= 0.3 is 5.97 Å². The summed E-state index contributed by atoms with van der Waals surface area (Å²) in [6, 6.07) is 13.4. The number of fused-ring (bicyclic) bond motifs is 1. The van der Waals surface area contributed by atoms with Crippen LogP contribution in [0.15, 0.2) is 60.0 Å². The van der Waals surface area contributed by atoms with E-state index in [1.54, 1.807) is 25.1 Å². The summed E-state index contributed by atoms with van der Waals surface area (Å²) in [6.45, 7) is 5.66. The highest BCUT2D eigenvalue weighted by molar-refractivity contribution is 8.18. The highest BCUT2D eigenvalue weighted by Gasteiger charge is 2.37. The second-order valence-electron chi connectivity index (χ2n) is 10.4. The topological polar surface area (TPSA) is 111 Å². The van der Waals surface area contributed by atoms with E-state index in [-0.39, 0.29) is 11.5 Å². The Balaban J connectivity index is 1.33. The number of hydrogen-bond donors (Lipinski definition) is 1. The van der Waals surface area contributed by atoms with Gasteiger partial charge in [0, 0.05) is 10.4 Å². The fourth-order valence-electron chi connectivity index (χ4n) is 5.29. The lowest BCUT2D eigenvalue weighted by Gasteiger charge is -2.16. The Kier molecular flexibility index (Phi) is 10.4. The Labute approximate surface area is 270 Å². The third-order valence-electron chi connectivity index (χ3n) is 7.34. The maximum atomic E-state index is 13.3. The zero-order valence-electron chi connectivity index (χ0n) is 25.2. The van der Waals surface area contributed by atoms with Gasteiger partial charge in [-0.1, -0.05) is 36.4 Å². The Hall–Kier alpha value is -4.35. The average molecular weight is 647 g/mol. The number of ether oxygens (including phenoxy) is 3. The molecule has 9 nitrogen and oxygen atoms in total. The molecule has 234 valence electrons. The number of esters is 1. The van der Waals surface area contributed by atoms with Crippen LogP contribution in [0.4, 0.5) is 9.80 Å². The van der Waals surface area contributed by atoms with Gasteiger partial charge < -0.3 is 19.5 Å². The van der Waals surface area contributed by atoms with E-state index in [2.05, 4.69) is 11.9 Å². The molecule has 2 aliphatic rings. The second-order valence-corrected chi connectivity index (χ2v) is 12.5. The maximum absolute atomic E-state index is 13.3. The van der Waals surface area contributed by atoms with Crippen LogP contribution >= 0.6 is 23.1 Å². The molecule has 0 spiro atoms. The van der Waals surface area contributed by atoms with Crippen LogP contribution in [-0.2, 0) is 40.2 Å². The molecule has 1 N–H and O–H groups in total. The van der Waals surface area contributed by atoms with Crippen molar-refractivity contribution in [1.29, 1.82) is 0 Å². The monoisotopic (exact) mass is 646 g/mol. The lowest BCUT2D eigenvalue weighted by molar-refractivity contribution is -0.127. The van der Waals surface area contributed by atoms with Crippen molar-refractivity contribution in [3.63, 3.8) is 0 Å². The number of thioether (sulfide) groups is 1. The van der Waals surface area contributed by atoms with E-state index in [4.69, 9.17) is 14.2 Å². The van der Waals surface area contributed by atoms with Gasteiger partial charge in [-0.25, -0.2) is 4.79 Å². The Bertz CT molecular complexity index is 1660. The number of nitrogens with zero attached hydrogens (tertiary/aromatic N) is 1. The predicted molar refractivity (Wildman–Crippen MR) is 176 cm³/mol. The van der Waals surface area contributed by atoms with Crippen molar-refractivity contribution in [3.8, 4) is 11.5 Å². The van der Waals surface area contributed by atoms with Crippen molar-refractivity contribution < 1.29 is 33.4 Å². The summed E-state index contributed by atoms with van der Waals surface area (Å²) < 4.78 is 17.0. The summed E-state index contributed by atoms with van der Waals surface area (Å²) >= 11 is 2.11. The van der Waals surface area contributed by atoms with Crippen LogP contribution in [0.1, 0.15) is 57.3 Å². The number of aryl methyl sites for hydroxylation is 1. The summed E-state index contributed by atoms with van der Waals surface area (Å²) in [7, 11) is 1.54. The lowest BCUT2D eigenvalue weighted by atomic mass is 9.95. The summed E-state index contributed by atoms with van der Waals surface area (Å²) in [5.41, 5.74) is 3.73. The van der Waals surface area contributed by atoms with Gasteiger partial charge in [0.05, 0.1) is 24.2 Å². The van der Waals surface area contributed by atoms with Gasteiger partial charge in [0.1, 0.15) is 18.2 Å². The third-order valence-corrected chi connectivity index (χ3v) is 9.46. The van der Waals surface area contributed by atoms with E-state index in [9.17, 15) is 19.2 Å². The number of carbonyl (C=O) groups excluding carboxylic acids is 4. The van der Waals surface area contributed by atoms with Crippen LogP contribution in [0, 0.1) is 0 Å². The summed E-state index contributed by atoms with van der Waals surface area (Å²) in [6.07, 6.45) is 7.37. The number of imide groups is 1. The predicted octanol–water partition coefficient (Wildman–Crippen LogP) is 6.79. The largest absolute Gasteiger partial charge is 0.493 e. The number of anilines is 1. The fraction of sp³-hybridized carbons (Fsp3) is 0.294. The standard InChI is InChI=1S/C34H34N2O7S2/c1-4-11-23-16-22(17-25(41-3)30(23)43-20-21-12-7-6-8-13-21)18-27-32(38)36(34(40)45-27)19-28(37)35-31-29(33(39)42-5-2)24-14-9-10-15-26(24)44-31/h4,6-8,12-13,16-18H,1,5,9-11,14-15,19-20H2,2-3H3,(H,35,37). The van der Waals surface area contributed by atoms with E-state index in [1.807, 2.05) is 36.4 Å². The molecule has 0 saturated carbocycles. The van der Waals surface area contributed by atoms with Gasteiger partial charge in [0.2, 0.25) is 5.91 Å². The number of amides is 3. The van der Waals surface area contributed by atoms with E-state index in [0.29, 0.717) is 40.7 Å². The minimum Gasteiger partial charge on any atom is -0.493 e. The molecule has 1 aromatic heterocycles. The first-order valence-electron chi connectivity index (χ1n) is 14.7. The number of allylic oxidation sites excluding steroid dienone is 1. The number of benzene rings is 2. The number of methoxy groups -OCH3 is 1. The highest BCUT2D eigenvalue weighted by Crippen LogP contribution is 2.40. The van der Waals surface area contributed by atoms with Gasteiger partial charge in [-0.3, -0.25) is 19.3 Å². The third kappa shape index (κ3) is 7.32. The second kappa shape index (κ2) is 14.6. The van der Waals surface area contributed by atoms with E-state index >= 15 is 0 Å². The molecule has 1 fully saturated rings. The van der Waals surface area contributed by atoms with Crippen LogP contribution in [0.25, 0.3) is 6.08 Å². The molecule has 5 rings (SSSR count). The van der Waals surface area contributed by atoms with Crippen LogP contribution in [0.2, 0.25) is 0 Å². The molecule has 1 aliphatic heterocycles. The van der Waals surface area contributed by atoms with Crippen LogP contribution in [0.5, 0.6) is 11.5 Å². The van der Waals surface area contributed by atoms with Gasteiger partial charge in [0.25, 0.3) is 11.1 Å². The zero-order chi connectivity index (χ0) is 31.9. The smallest absolute Gasteiger partial charge is 0.341 e. The SMILES string of the molecule is C=CCc1cc(C=C2SC(=O)N(CC(=O)Nc3sc4c(c3C(=O)OCC)CCCC4)C2=O)cc(OC)c1OCc1ccccc1. The summed E-state index contributed by atoms with van der Waals surface area (Å²) in [4.78, 5) is 54.2. The van der Waals surface area contributed by atoms with Gasteiger partial charge in [-0.15, -0.1) is 17.9 Å². The molecule has 2 aromatic carbocycles.